The summed E-state index contributed by atoms with van der Waals surface area (Å²) in [7, 11) is 0. The molecule has 0 aromatic heterocycles. The van der Waals surface area contributed by atoms with Crippen LogP contribution in [0, 0.1) is 0 Å². The van der Waals surface area contributed by atoms with E-state index in [1.807, 2.05) is 24.3 Å². The van der Waals surface area contributed by atoms with E-state index in [0.717, 1.165) is 11.1 Å². The molecule has 0 unspecified atom stereocenters. The number of phenolic OH excluding ortho intramolecular Hbond substituents is 1. The molecular weight excluding hydrogens is 359 g/mol. The summed E-state index contributed by atoms with van der Waals surface area (Å²) in [6.45, 7) is 0.643. The van der Waals surface area contributed by atoms with Crippen molar-refractivity contribution in [2.24, 2.45) is 0 Å². The number of para-hydroxylation sites is 1. The van der Waals surface area contributed by atoms with Crippen LogP contribution in [0.5, 0.6) is 17.2 Å². The molecule has 0 aliphatic heterocycles. The summed E-state index contributed by atoms with van der Waals surface area (Å²) < 4.78 is 11.6. The third-order valence-corrected chi connectivity index (χ3v) is 4.07. The largest absolute Gasteiger partial charge is 0.504 e. The van der Waals surface area contributed by atoms with Crippen molar-refractivity contribution in [3.05, 3.63) is 87.9 Å². The van der Waals surface area contributed by atoms with Crippen LogP contribution in [-0.4, -0.2) is 5.11 Å². The normalized spacial score (nSPS) is 10.5. The van der Waals surface area contributed by atoms with Crippen molar-refractivity contribution in [3.63, 3.8) is 0 Å². The molecular formula is C20H16Cl2O3. The standard InChI is InChI=1S/C20H16Cl2O3/c21-16-8-4-14(5-9-16)12-24-19-3-1-2-18(23)20(19)25-13-15-6-10-17(22)11-7-15/h1-11,23H,12-13H2. The monoisotopic (exact) mass is 374 g/mol. The fourth-order valence-electron chi connectivity index (χ4n) is 2.24. The van der Waals surface area contributed by atoms with Gasteiger partial charge in [-0.2, -0.15) is 0 Å². The molecule has 0 saturated heterocycles. The van der Waals surface area contributed by atoms with E-state index >= 15 is 0 Å². The highest BCUT2D eigenvalue weighted by atomic mass is 35.5. The molecule has 0 aliphatic carbocycles. The summed E-state index contributed by atoms with van der Waals surface area (Å²) in [5.41, 5.74) is 1.91. The van der Waals surface area contributed by atoms with Crippen LogP contribution < -0.4 is 9.47 Å². The number of benzene rings is 3. The minimum Gasteiger partial charge on any atom is -0.504 e. The molecule has 25 heavy (non-hydrogen) atoms. The van der Waals surface area contributed by atoms with Crippen molar-refractivity contribution in [1.29, 1.82) is 0 Å². The summed E-state index contributed by atoms with van der Waals surface area (Å²) in [6, 6.07) is 19.8. The van der Waals surface area contributed by atoms with Gasteiger partial charge in [0.2, 0.25) is 5.75 Å². The molecule has 1 N–H and O–H groups in total. The first kappa shape index (κ1) is 17.5. The van der Waals surface area contributed by atoms with Gasteiger partial charge in [-0.1, -0.05) is 53.5 Å². The average molecular weight is 375 g/mol. The molecule has 128 valence electrons. The minimum absolute atomic E-state index is 0.0302. The number of halogens is 2. The van der Waals surface area contributed by atoms with Crippen molar-refractivity contribution < 1.29 is 14.6 Å². The maximum absolute atomic E-state index is 10.1. The number of aromatic hydroxyl groups is 1. The molecule has 3 rings (SSSR count). The van der Waals surface area contributed by atoms with Gasteiger partial charge in [0.05, 0.1) is 0 Å². The number of hydrogen-bond acceptors (Lipinski definition) is 3. The smallest absolute Gasteiger partial charge is 0.203 e. The molecule has 0 bridgehead atoms. The Bertz CT molecular complexity index is 831. The van der Waals surface area contributed by atoms with Crippen LogP contribution in [0.2, 0.25) is 10.0 Å². The lowest BCUT2D eigenvalue weighted by atomic mass is 10.2. The topological polar surface area (TPSA) is 38.7 Å². The zero-order valence-corrected chi connectivity index (χ0v) is 14.8. The van der Waals surface area contributed by atoms with E-state index in [-0.39, 0.29) is 5.75 Å². The van der Waals surface area contributed by atoms with E-state index in [0.29, 0.717) is 34.8 Å². The lowest BCUT2D eigenvalue weighted by Crippen LogP contribution is -2.00. The summed E-state index contributed by atoms with van der Waals surface area (Å²) in [6.07, 6.45) is 0. The molecule has 0 fully saturated rings. The van der Waals surface area contributed by atoms with Crippen LogP contribution in [0.15, 0.2) is 66.7 Å². The highest BCUT2D eigenvalue weighted by molar-refractivity contribution is 6.30. The Labute approximate surface area is 156 Å². The molecule has 0 heterocycles. The van der Waals surface area contributed by atoms with Crippen LogP contribution in [0.1, 0.15) is 11.1 Å². The predicted molar refractivity (Wildman–Crippen MR) is 99.7 cm³/mol. The number of phenols is 1. The summed E-state index contributed by atoms with van der Waals surface area (Å²) in [5.74, 6) is 0.817. The lowest BCUT2D eigenvalue weighted by Gasteiger charge is -2.14. The van der Waals surface area contributed by atoms with Crippen molar-refractivity contribution in [2.45, 2.75) is 13.2 Å². The number of hydrogen-bond donors (Lipinski definition) is 1. The molecule has 0 spiro atoms. The summed E-state index contributed by atoms with van der Waals surface area (Å²) >= 11 is 11.8. The molecule has 0 saturated carbocycles. The second-order valence-corrected chi connectivity index (χ2v) is 6.31. The van der Waals surface area contributed by atoms with Gasteiger partial charge in [0.15, 0.2) is 11.5 Å². The van der Waals surface area contributed by atoms with Crippen LogP contribution in [0.3, 0.4) is 0 Å². The van der Waals surface area contributed by atoms with Gasteiger partial charge in [-0.25, -0.2) is 0 Å². The first-order chi connectivity index (χ1) is 12.1. The van der Waals surface area contributed by atoms with Crippen molar-refractivity contribution in [1.82, 2.24) is 0 Å². The van der Waals surface area contributed by atoms with E-state index in [2.05, 4.69) is 0 Å². The number of ether oxygens (including phenoxy) is 2. The minimum atomic E-state index is 0.0302. The first-order valence-electron chi connectivity index (χ1n) is 7.68. The molecule has 0 amide bonds. The Morgan fingerprint density at radius 3 is 1.76 bits per heavy atom. The first-order valence-corrected chi connectivity index (χ1v) is 8.44. The van der Waals surface area contributed by atoms with Gasteiger partial charge in [-0.3, -0.25) is 0 Å². The van der Waals surface area contributed by atoms with E-state index in [1.54, 1.807) is 42.5 Å². The second kappa shape index (κ2) is 8.15. The zero-order valence-electron chi connectivity index (χ0n) is 13.3. The SMILES string of the molecule is Oc1cccc(OCc2ccc(Cl)cc2)c1OCc1ccc(Cl)cc1. The van der Waals surface area contributed by atoms with E-state index < -0.39 is 0 Å². The third kappa shape index (κ3) is 4.81. The van der Waals surface area contributed by atoms with Gasteiger partial charge in [-0.15, -0.1) is 0 Å². The van der Waals surface area contributed by atoms with Crippen LogP contribution in [0.25, 0.3) is 0 Å². The van der Waals surface area contributed by atoms with Gasteiger partial charge in [0.25, 0.3) is 0 Å². The Morgan fingerprint density at radius 2 is 1.20 bits per heavy atom. The van der Waals surface area contributed by atoms with Gasteiger partial charge < -0.3 is 14.6 Å². The van der Waals surface area contributed by atoms with Crippen LogP contribution >= 0.6 is 23.2 Å². The predicted octanol–water partition coefficient (Wildman–Crippen LogP) is 5.86. The fourth-order valence-corrected chi connectivity index (χ4v) is 2.49. The Morgan fingerprint density at radius 1 is 0.680 bits per heavy atom. The van der Waals surface area contributed by atoms with Gasteiger partial charge in [0, 0.05) is 10.0 Å². The van der Waals surface area contributed by atoms with Crippen molar-refractivity contribution >= 4 is 23.2 Å². The molecule has 5 heteroatoms. The van der Waals surface area contributed by atoms with Crippen molar-refractivity contribution in [2.75, 3.05) is 0 Å². The van der Waals surface area contributed by atoms with E-state index in [9.17, 15) is 5.11 Å². The van der Waals surface area contributed by atoms with E-state index in [1.165, 1.54) is 0 Å². The van der Waals surface area contributed by atoms with Crippen LogP contribution in [-0.2, 0) is 13.2 Å². The maximum Gasteiger partial charge on any atom is 0.203 e. The Balaban J connectivity index is 1.70. The maximum atomic E-state index is 10.1. The second-order valence-electron chi connectivity index (χ2n) is 5.43. The summed E-state index contributed by atoms with van der Waals surface area (Å²) in [5, 5.41) is 11.4. The Kier molecular flexibility index (Phi) is 5.69. The molecule has 0 atom stereocenters. The molecule has 0 radical (unpaired) electrons. The van der Waals surface area contributed by atoms with Gasteiger partial charge >= 0.3 is 0 Å². The van der Waals surface area contributed by atoms with Crippen LogP contribution in [0.4, 0.5) is 0 Å². The molecule has 3 aromatic carbocycles. The quantitative estimate of drug-likeness (QED) is 0.587. The summed E-state index contributed by atoms with van der Waals surface area (Å²) in [4.78, 5) is 0. The lowest BCUT2D eigenvalue weighted by molar-refractivity contribution is 0.246. The average Bonchev–Trinajstić information content (AvgIpc) is 2.62. The van der Waals surface area contributed by atoms with Crippen molar-refractivity contribution in [3.8, 4) is 17.2 Å². The van der Waals surface area contributed by atoms with Gasteiger partial charge in [-0.05, 0) is 47.5 Å². The highest BCUT2D eigenvalue weighted by Gasteiger charge is 2.11. The molecule has 0 aliphatic rings. The molecule has 3 aromatic rings. The Hall–Kier alpha value is -2.36. The highest BCUT2D eigenvalue weighted by Crippen LogP contribution is 2.37. The van der Waals surface area contributed by atoms with Gasteiger partial charge in [0.1, 0.15) is 13.2 Å². The fraction of sp³-hybridized carbons (Fsp3) is 0.100. The zero-order chi connectivity index (χ0) is 17.6. The molecule has 3 nitrogen and oxygen atoms in total. The third-order valence-electron chi connectivity index (χ3n) is 3.56. The van der Waals surface area contributed by atoms with E-state index in [4.69, 9.17) is 32.7 Å². The number of rotatable bonds is 6.